The van der Waals surface area contributed by atoms with Gasteiger partial charge >= 0.3 is 12.0 Å². The zero-order chi connectivity index (χ0) is 14.8. The average Bonchev–Trinajstić information content (AvgIpc) is 2.45. The summed E-state index contributed by atoms with van der Waals surface area (Å²) >= 11 is 0. The molecule has 3 N–H and O–H groups in total. The first kappa shape index (κ1) is 16.0. The third-order valence-electron chi connectivity index (χ3n) is 2.99. The van der Waals surface area contributed by atoms with Gasteiger partial charge in [-0.25, -0.2) is 4.79 Å². The first-order valence-corrected chi connectivity index (χ1v) is 6.93. The van der Waals surface area contributed by atoms with Crippen LogP contribution in [-0.2, 0) is 17.8 Å². The van der Waals surface area contributed by atoms with Crippen molar-refractivity contribution < 1.29 is 14.7 Å². The Labute approximate surface area is 119 Å². The highest BCUT2D eigenvalue weighted by molar-refractivity contribution is 5.73. The van der Waals surface area contributed by atoms with E-state index in [2.05, 4.69) is 29.7 Å². The van der Waals surface area contributed by atoms with E-state index in [1.165, 1.54) is 5.56 Å². The Morgan fingerprint density at radius 1 is 1.05 bits per heavy atom. The molecule has 20 heavy (non-hydrogen) atoms. The number of carbonyl (C=O) groups excluding carboxylic acids is 1. The van der Waals surface area contributed by atoms with Gasteiger partial charge in [0.1, 0.15) is 0 Å². The van der Waals surface area contributed by atoms with Crippen LogP contribution in [0.2, 0.25) is 0 Å². The number of hydrogen-bond donors (Lipinski definition) is 3. The summed E-state index contributed by atoms with van der Waals surface area (Å²) in [4.78, 5) is 21.8. The van der Waals surface area contributed by atoms with Crippen LogP contribution in [0, 0.1) is 0 Å². The number of carbonyl (C=O) groups is 2. The lowest BCUT2D eigenvalue weighted by molar-refractivity contribution is -0.137. The summed E-state index contributed by atoms with van der Waals surface area (Å²) in [5.41, 5.74) is 2.33. The quantitative estimate of drug-likeness (QED) is 0.638. The van der Waals surface area contributed by atoms with Gasteiger partial charge in [0, 0.05) is 19.5 Å². The Kier molecular flexibility index (Phi) is 7.17. The van der Waals surface area contributed by atoms with Crippen molar-refractivity contribution >= 4 is 12.0 Å². The molecule has 0 heterocycles. The molecule has 0 aliphatic heterocycles. The summed E-state index contributed by atoms with van der Waals surface area (Å²) < 4.78 is 0. The van der Waals surface area contributed by atoms with E-state index in [-0.39, 0.29) is 12.5 Å². The second-order valence-corrected chi connectivity index (χ2v) is 4.63. The van der Waals surface area contributed by atoms with Crippen molar-refractivity contribution in [3.63, 3.8) is 0 Å². The Morgan fingerprint density at radius 2 is 1.70 bits per heavy atom. The fourth-order valence-corrected chi connectivity index (χ4v) is 1.74. The molecular weight excluding hydrogens is 256 g/mol. The molecule has 0 saturated heterocycles. The van der Waals surface area contributed by atoms with Crippen molar-refractivity contribution in [2.24, 2.45) is 0 Å². The number of aliphatic carboxylic acids is 1. The molecule has 0 aromatic heterocycles. The monoisotopic (exact) mass is 278 g/mol. The third kappa shape index (κ3) is 6.78. The molecule has 0 spiro atoms. The molecule has 0 atom stereocenters. The minimum absolute atomic E-state index is 0.146. The maximum atomic E-state index is 11.5. The Morgan fingerprint density at radius 3 is 2.30 bits per heavy atom. The van der Waals surface area contributed by atoms with Gasteiger partial charge in [0.05, 0.1) is 0 Å². The van der Waals surface area contributed by atoms with Crippen LogP contribution in [0.1, 0.15) is 37.3 Å². The number of hydrogen-bond acceptors (Lipinski definition) is 2. The highest BCUT2D eigenvalue weighted by Gasteiger charge is 2.01. The van der Waals surface area contributed by atoms with E-state index in [0.29, 0.717) is 25.9 Å². The third-order valence-corrected chi connectivity index (χ3v) is 2.99. The SMILES string of the molecule is CCc1ccc(CNC(=O)NCCCCC(=O)O)cc1. The minimum atomic E-state index is -0.801. The summed E-state index contributed by atoms with van der Waals surface area (Å²) in [6.45, 7) is 3.09. The van der Waals surface area contributed by atoms with E-state index < -0.39 is 5.97 Å². The fraction of sp³-hybridized carbons (Fsp3) is 0.467. The van der Waals surface area contributed by atoms with Crippen molar-refractivity contribution in [1.29, 1.82) is 0 Å². The second kappa shape index (κ2) is 8.96. The fourth-order valence-electron chi connectivity index (χ4n) is 1.74. The number of amides is 2. The molecular formula is C15H22N2O3. The number of unbranched alkanes of at least 4 members (excludes halogenated alkanes) is 1. The van der Waals surface area contributed by atoms with Crippen molar-refractivity contribution in [2.45, 2.75) is 39.2 Å². The molecule has 5 nitrogen and oxygen atoms in total. The molecule has 0 unspecified atom stereocenters. The van der Waals surface area contributed by atoms with Gasteiger partial charge in [0.2, 0.25) is 0 Å². The van der Waals surface area contributed by atoms with Crippen molar-refractivity contribution in [3.8, 4) is 0 Å². The highest BCUT2D eigenvalue weighted by Crippen LogP contribution is 2.04. The van der Waals surface area contributed by atoms with E-state index >= 15 is 0 Å². The molecule has 2 amide bonds. The molecule has 0 saturated carbocycles. The number of carboxylic acids is 1. The van der Waals surface area contributed by atoms with Gasteiger partial charge in [-0.15, -0.1) is 0 Å². The summed E-state index contributed by atoms with van der Waals surface area (Å²) in [5, 5.41) is 13.9. The lowest BCUT2D eigenvalue weighted by atomic mass is 10.1. The zero-order valence-corrected chi connectivity index (χ0v) is 11.8. The van der Waals surface area contributed by atoms with Crippen molar-refractivity contribution in [1.82, 2.24) is 10.6 Å². The van der Waals surface area contributed by atoms with Gasteiger partial charge in [0.25, 0.3) is 0 Å². The lowest BCUT2D eigenvalue weighted by Gasteiger charge is -2.08. The van der Waals surface area contributed by atoms with Gasteiger partial charge in [-0.1, -0.05) is 31.2 Å². The average molecular weight is 278 g/mol. The van der Waals surface area contributed by atoms with E-state index in [0.717, 1.165) is 12.0 Å². The van der Waals surface area contributed by atoms with E-state index in [1.54, 1.807) is 0 Å². The molecule has 0 radical (unpaired) electrons. The van der Waals surface area contributed by atoms with Crippen LogP contribution in [0.25, 0.3) is 0 Å². The molecule has 0 fully saturated rings. The topological polar surface area (TPSA) is 78.4 Å². The number of urea groups is 1. The van der Waals surface area contributed by atoms with Gasteiger partial charge in [-0.2, -0.15) is 0 Å². The predicted octanol–water partition coefficient (Wildman–Crippen LogP) is 2.30. The lowest BCUT2D eigenvalue weighted by Crippen LogP contribution is -2.35. The van der Waals surface area contributed by atoms with Gasteiger partial charge in [0.15, 0.2) is 0 Å². The Balaban J connectivity index is 2.14. The normalized spacial score (nSPS) is 10.1. The maximum absolute atomic E-state index is 11.5. The first-order valence-electron chi connectivity index (χ1n) is 6.93. The zero-order valence-electron chi connectivity index (χ0n) is 11.8. The van der Waals surface area contributed by atoms with Crippen LogP contribution in [-0.4, -0.2) is 23.7 Å². The van der Waals surface area contributed by atoms with E-state index in [9.17, 15) is 9.59 Å². The first-order chi connectivity index (χ1) is 9.61. The standard InChI is InChI=1S/C15H22N2O3/c1-2-12-6-8-13(9-7-12)11-17-15(20)16-10-4-3-5-14(18)19/h6-9H,2-5,10-11H2,1H3,(H,18,19)(H2,16,17,20). The Bertz CT molecular complexity index is 429. The van der Waals surface area contributed by atoms with Crippen molar-refractivity contribution in [3.05, 3.63) is 35.4 Å². The number of carboxylic acid groups (broad SMARTS) is 1. The number of rotatable bonds is 8. The molecule has 0 aliphatic carbocycles. The van der Waals surface area contributed by atoms with E-state index in [4.69, 9.17) is 5.11 Å². The number of aryl methyl sites for hydroxylation is 1. The highest BCUT2D eigenvalue weighted by atomic mass is 16.4. The Hall–Kier alpha value is -2.04. The predicted molar refractivity (Wildman–Crippen MR) is 77.5 cm³/mol. The number of nitrogens with one attached hydrogen (secondary N) is 2. The molecule has 1 aromatic rings. The largest absolute Gasteiger partial charge is 0.481 e. The van der Waals surface area contributed by atoms with Crippen molar-refractivity contribution in [2.75, 3.05) is 6.54 Å². The minimum Gasteiger partial charge on any atom is -0.481 e. The summed E-state index contributed by atoms with van der Waals surface area (Å²) in [6.07, 6.45) is 2.40. The molecule has 0 aliphatic rings. The molecule has 5 heteroatoms. The molecule has 0 bridgehead atoms. The van der Waals surface area contributed by atoms with Gasteiger partial charge in [-0.3, -0.25) is 4.79 Å². The maximum Gasteiger partial charge on any atom is 0.315 e. The molecule has 110 valence electrons. The summed E-state index contributed by atoms with van der Waals surface area (Å²) in [5.74, 6) is -0.801. The number of benzene rings is 1. The second-order valence-electron chi connectivity index (χ2n) is 4.63. The van der Waals surface area contributed by atoms with Crippen LogP contribution in [0.3, 0.4) is 0 Å². The molecule has 1 aromatic carbocycles. The molecule has 1 rings (SSSR count). The smallest absolute Gasteiger partial charge is 0.315 e. The van der Waals surface area contributed by atoms with Crippen LogP contribution < -0.4 is 10.6 Å². The van der Waals surface area contributed by atoms with Crippen LogP contribution in [0.4, 0.5) is 4.79 Å². The van der Waals surface area contributed by atoms with Crippen LogP contribution >= 0.6 is 0 Å². The van der Waals surface area contributed by atoms with E-state index in [1.807, 2.05) is 12.1 Å². The summed E-state index contributed by atoms with van der Waals surface area (Å²) in [7, 11) is 0. The van der Waals surface area contributed by atoms with Gasteiger partial charge < -0.3 is 15.7 Å². The van der Waals surface area contributed by atoms with Gasteiger partial charge in [-0.05, 0) is 30.4 Å². The summed E-state index contributed by atoms with van der Waals surface area (Å²) in [6, 6.07) is 7.90. The van der Waals surface area contributed by atoms with Crippen LogP contribution in [0.15, 0.2) is 24.3 Å². The van der Waals surface area contributed by atoms with Crippen LogP contribution in [0.5, 0.6) is 0 Å².